The fourth-order valence-electron chi connectivity index (χ4n) is 0.589. The van der Waals surface area contributed by atoms with Gasteiger partial charge in [0.2, 0.25) is 0 Å². The first kappa shape index (κ1) is 12.6. The molecule has 6 heteroatoms. The number of hydrogen-bond acceptors (Lipinski definition) is 3. The Morgan fingerprint density at radius 3 is 2.54 bits per heavy atom. The maximum absolute atomic E-state index is 11.6. The average Bonchev–Trinajstić information content (AvgIpc) is 2.01. The van der Waals surface area contributed by atoms with E-state index in [9.17, 15) is 18.0 Å². The first-order chi connectivity index (χ1) is 5.95. The molecule has 78 valence electrons. The lowest BCUT2D eigenvalue weighted by atomic mass is 10.3. The first-order valence-corrected chi connectivity index (χ1v) is 4.82. The average molecular weight is 216 g/mol. The van der Waals surface area contributed by atoms with Crippen LogP contribution in [0, 0.1) is 0 Å². The number of thioether (sulfide) groups is 1. The minimum atomic E-state index is -4.09. The van der Waals surface area contributed by atoms with Crippen LogP contribution in [0.1, 0.15) is 12.8 Å². The molecule has 0 fully saturated rings. The number of carbonyl (C=O) groups is 1. The van der Waals surface area contributed by atoms with Crippen LogP contribution in [0.5, 0.6) is 0 Å². The Hall–Kier alpha value is -0.390. The molecule has 0 saturated heterocycles. The number of ether oxygens (including phenoxy) is 1. The van der Waals surface area contributed by atoms with Crippen molar-refractivity contribution in [3.63, 3.8) is 0 Å². The largest absolute Gasteiger partial charge is 0.468 e. The van der Waals surface area contributed by atoms with E-state index in [2.05, 4.69) is 4.74 Å². The second kappa shape index (κ2) is 6.12. The molecule has 0 atom stereocenters. The maximum atomic E-state index is 11.6. The fourth-order valence-corrected chi connectivity index (χ4v) is 1.37. The minimum absolute atomic E-state index is 0.0468. The number of esters is 1. The van der Waals surface area contributed by atoms with Gasteiger partial charge in [0.15, 0.2) is 0 Å². The molecule has 0 heterocycles. The van der Waals surface area contributed by atoms with Crippen molar-refractivity contribution < 1.29 is 22.7 Å². The summed E-state index contributed by atoms with van der Waals surface area (Å²) < 4.78 is 39.1. The van der Waals surface area contributed by atoms with Crippen LogP contribution in [-0.2, 0) is 9.53 Å². The van der Waals surface area contributed by atoms with Crippen molar-refractivity contribution in [3.05, 3.63) is 0 Å². The molecule has 0 spiro atoms. The van der Waals surface area contributed by atoms with Crippen molar-refractivity contribution in [2.24, 2.45) is 0 Å². The molecule has 2 nitrogen and oxygen atoms in total. The Morgan fingerprint density at radius 1 is 1.46 bits per heavy atom. The molecule has 0 radical (unpaired) electrons. The third kappa shape index (κ3) is 9.52. The third-order valence-corrected chi connectivity index (χ3v) is 2.21. The van der Waals surface area contributed by atoms with Crippen molar-refractivity contribution >= 4 is 17.7 Å². The molecule has 0 aliphatic carbocycles. The summed E-state index contributed by atoms with van der Waals surface area (Å²) in [6.07, 6.45) is -4.84. The molecule has 0 aromatic heterocycles. The second-order valence-corrected chi connectivity index (χ2v) is 3.45. The Labute approximate surface area is 78.8 Å². The van der Waals surface area contributed by atoms with Gasteiger partial charge in [0.25, 0.3) is 0 Å². The highest BCUT2D eigenvalue weighted by Crippen LogP contribution is 2.22. The first-order valence-electron chi connectivity index (χ1n) is 3.67. The van der Waals surface area contributed by atoms with Crippen LogP contribution < -0.4 is 0 Å². The van der Waals surface area contributed by atoms with Crippen LogP contribution in [-0.4, -0.2) is 30.8 Å². The van der Waals surface area contributed by atoms with E-state index in [1.807, 2.05) is 0 Å². The van der Waals surface area contributed by atoms with Gasteiger partial charge in [-0.15, -0.1) is 0 Å². The smallest absolute Gasteiger partial charge is 0.389 e. The van der Waals surface area contributed by atoms with Gasteiger partial charge >= 0.3 is 12.1 Å². The lowest BCUT2D eigenvalue weighted by molar-refractivity contribution is -0.137. The molecule has 13 heavy (non-hydrogen) atoms. The van der Waals surface area contributed by atoms with E-state index in [0.29, 0.717) is 5.75 Å². The maximum Gasteiger partial charge on any atom is 0.389 e. The van der Waals surface area contributed by atoms with Gasteiger partial charge in [-0.1, -0.05) is 0 Å². The van der Waals surface area contributed by atoms with Crippen LogP contribution in [0.15, 0.2) is 0 Å². The predicted octanol–water partition coefficient (Wildman–Crippen LogP) is 2.24. The Balaban J connectivity index is 3.22. The number of methoxy groups -OCH3 is 1. The van der Waals surface area contributed by atoms with Crippen LogP contribution in [0.2, 0.25) is 0 Å². The zero-order valence-electron chi connectivity index (χ0n) is 7.19. The molecule has 0 saturated carbocycles. The van der Waals surface area contributed by atoms with E-state index >= 15 is 0 Å². The van der Waals surface area contributed by atoms with E-state index in [1.165, 1.54) is 7.11 Å². The molecule has 0 aromatic rings. The fraction of sp³-hybridized carbons (Fsp3) is 0.857. The quantitative estimate of drug-likeness (QED) is 0.520. The van der Waals surface area contributed by atoms with E-state index in [4.69, 9.17) is 0 Å². The highest BCUT2D eigenvalue weighted by atomic mass is 32.2. The summed E-state index contributed by atoms with van der Waals surface area (Å²) in [7, 11) is 1.25. The minimum Gasteiger partial charge on any atom is -0.468 e. The van der Waals surface area contributed by atoms with E-state index in [-0.39, 0.29) is 12.2 Å². The summed E-state index contributed by atoms with van der Waals surface area (Å²) in [4.78, 5) is 10.5. The van der Waals surface area contributed by atoms with Crippen molar-refractivity contribution in [1.29, 1.82) is 0 Å². The summed E-state index contributed by atoms with van der Waals surface area (Å²) in [5.74, 6) is 0.0418. The molecule has 0 aromatic carbocycles. The zero-order valence-corrected chi connectivity index (χ0v) is 8.00. The van der Waals surface area contributed by atoms with Crippen LogP contribution in [0.3, 0.4) is 0 Å². The van der Waals surface area contributed by atoms with Crippen molar-refractivity contribution in [2.45, 2.75) is 19.0 Å². The van der Waals surface area contributed by atoms with Gasteiger partial charge < -0.3 is 4.74 Å². The van der Waals surface area contributed by atoms with Gasteiger partial charge in [-0.2, -0.15) is 24.9 Å². The zero-order chi connectivity index (χ0) is 10.3. The molecule has 0 aliphatic heterocycles. The Morgan fingerprint density at radius 2 is 2.08 bits per heavy atom. The van der Waals surface area contributed by atoms with E-state index < -0.39 is 18.6 Å². The normalized spacial score (nSPS) is 11.4. The summed E-state index contributed by atoms with van der Waals surface area (Å²) in [5.41, 5.74) is 0. The number of halogens is 3. The van der Waals surface area contributed by atoms with Gasteiger partial charge in [-0.25, -0.2) is 0 Å². The predicted molar refractivity (Wildman–Crippen MR) is 44.6 cm³/mol. The summed E-state index contributed by atoms with van der Waals surface area (Å²) in [6.45, 7) is 0. The van der Waals surface area contributed by atoms with Gasteiger partial charge in [-0.05, 0) is 12.2 Å². The van der Waals surface area contributed by atoms with Gasteiger partial charge in [0, 0.05) is 6.42 Å². The van der Waals surface area contributed by atoms with Crippen LogP contribution in [0.25, 0.3) is 0 Å². The van der Waals surface area contributed by atoms with Gasteiger partial charge in [-0.3, -0.25) is 4.79 Å². The van der Waals surface area contributed by atoms with Gasteiger partial charge in [0.1, 0.15) is 0 Å². The molecular weight excluding hydrogens is 205 g/mol. The molecule has 0 amide bonds. The Bertz CT molecular complexity index is 158. The SMILES string of the molecule is COC(=O)CSCCCC(F)(F)F. The molecule has 0 aliphatic rings. The Kier molecular flexibility index (Phi) is 5.94. The summed E-state index contributed by atoms with van der Waals surface area (Å²) >= 11 is 1.15. The third-order valence-electron chi connectivity index (χ3n) is 1.20. The molecule has 0 unspecified atom stereocenters. The summed E-state index contributed by atoms with van der Waals surface area (Å²) in [6, 6.07) is 0. The van der Waals surface area contributed by atoms with E-state index in [1.54, 1.807) is 0 Å². The van der Waals surface area contributed by atoms with E-state index in [0.717, 1.165) is 11.8 Å². The molecular formula is C7H11F3O2S. The van der Waals surface area contributed by atoms with Crippen molar-refractivity contribution in [3.8, 4) is 0 Å². The molecule has 0 N–H and O–H groups in total. The number of carbonyl (C=O) groups excluding carboxylic acids is 1. The highest BCUT2D eigenvalue weighted by Gasteiger charge is 2.25. The highest BCUT2D eigenvalue weighted by molar-refractivity contribution is 7.99. The standard InChI is InChI=1S/C7H11F3O2S/c1-12-6(11)5-13-4-2-3-7(8,9)10/h2-5H2,1H3. The van der Waals surface area contributed by atoms with Crippen molar-refractivity contribution in [1.82, 2.24) is 0 Å². The lowest BCUT2D eigenvalue weighted by Gasteiger charge is -2.04. The number of rotatable bonds is 5. The van der Waals surface area contributed by atoms with Gasteiger partial charge in [0.05, 0.1) is 12.9 Å². The van der Waals surface area contributed by atoms with Crippen LogP contribution >= 0.6 is 11.8 Å². The number of alkyl halides is 3. The second-order valence-electron chi connectivity index (χ2n) is 2.35. The molecule has 0 rings (SSSR count). The monoisotopic (exact) mass is 216 g/mol. The summed E-state index contributed by atoms with van der Waals surface area (Å²) in [5, 5.41) is 0. The topological polar surface area (TPSA) is 26.3 Å². The van der Waals surface area contributed by atoms with Crippen LogP contribution in [0.4, 0.5) is 13.2 Å². The van der Waals surface area contributed by atoms with Crippen molar-refractivity contribution in [2.75, 3.05) is 18.6 Å². The lowest BCUT2D eigenvalue weighted by Crippen LogP contribution is -2.08. The number of hydrogen-bond donors (Lipinski definition) is 0. The molecule has 0 bridgehead atoms.